The van der Waals surface area contributed by atoms with Crippen molar-refractivity contribution in [1.82, 2.24) is 19.3 Å². The summed E-state index contributed by atoms with van der Waals surface area (Å²) in [6.07, 6.45) is 8.15. The van der Waals surface area contributed by atoms with Gasteiger partial charge < -0.3 is 4.74 Å². The van der Waals surface area contributed by atoms with E-state index in [0.717, 1.165) is 53.6 Å². The van der Waals surface area contributed by atoms with Crippen LogP contribution in [0.2, 0.25) is 0 Å². The minimum Gasteiger partial charge on any atom is -0.457 e. The van der Waals surface area contributed by atoms with E-state index in [4.69, 9.17) is 9.72 Å². The van der Waals surface area contributed by atoms with Gasteiger partial charge in [-0.2, -0.15) is 0 Å². The standard InChI is InChI=1S/C24H24N4O/c1-2-27-15-6-9-21(27)24-26-23(22-17-25-14-16-28(22)24)18-10-12-20(13-11-18)29-19-7-4-3-5-8-19/h3-5,7-8,10-14,16-17,21H,2,6,9,15H2,1H3/t21-/m1/s1. The van der Waals surface area contributed by atoms with Crippen LogP contribution in [0.25, 0.3) is 16.8 Å². The second kappa shape index (κ2) is 7.68. The monoisotopic (exact) mass is 384 g/mol. The van der Waals surface area contributed by atoms with E-state index < -0.39 is 0 Å². The molecule has 0 unspecified atom stereocenters. The highest BCUT2D eigenvalue weighted by Gasteiger charge is 2.29. The van der Waals surface area contributed by atoms with E-state index in [9.17, 15) is 0 Å². The van der Waals surface area contributed by atoms with E-state index in [1.807, 2.05) is 61.1 Å². The Bertz CT molecular complexity index is 1100. The number of ether oxygens (including phenoxy) is 1. The van der Waals surface area contributed by atoms with E-state index in [1.165, 1.54) is 6.42 Å². The predicted octanol–water partition coefficient (Wildman–Crippen LogP) is 5.35. The molecule has 4 aromatic rings. The first kappa shape index (κ1) is 17.9. The maximum absolute atomic E-state index is 5.93. The number of fused-ring (bicyclic) bond motifs is 1. The Labute approximate surface area is 170 Å². The molecule has 5 heteroatoms. The molecule has 5 nitrogen and oxygen atoms in total. The first-order valence-electron chi connectivity index (χ1n) is 10.2. The molecule has 146 valence electrons. The quantitative estimate of drug-likeness (QED) is 0.465. The van der Waals surface area contributed by atoms with Crippen molar-refractivity contribution < 1.29 is 4.74 Å². The van der Waals surface area contributed by atoms with Crippen LogP contribution in [0, 0.1) is 0 Å². The van der Waals surface area contributed by atoms with E-state index >= 15 is 0 Å². The summed E-state index contributed by atoms with van der Waals surface area (Å²) in [5.41, 5.74) is 3.09. The first-order chi connectivity index (χ1) is 14.3. The van der Waals surface area contributed by atoms with E-state index in [2.05, 4.69) is 33.3 Å². The number of benzene rings is 2. The topological polar surface area (TPSA) is 42.7 Å². The zero-order valence-corrected chi connectivity index (χ0v) is 16.5. The predicted molar refractivity (Wildman–Crippen MR) is 114 cm³/mol. The van der Waals surface area contributed by atoms with Crippen molar-refractivity contribution in [3.05, 3.63) is 79.0 Å². The minimum absolute atomic E-state index is 0.365. The van der Waals surface area contributed by atoms with Gasteiger partial charge in [0.2, 0.25) is 0 Å². The molecule has 0 amide bonds. The Hall–Kier alpha value is -3.18. The van der Waals surface area contributed by atoms with E-state index in [1.54, 1.807) is 0 Å². The number of nitrogens with zero attached hydrogens (tertiary/aromatic N) is 4. The van der Waals surface area contributed by atoms with Crippen LogP contribution >= 0.6 is 0 Å². The molecule has 29 heavy (non-hydrogen) atoms. The van der Waals surface area contributed by atoms with Gasteiger partial charge >= 0.3 is 0 Å². The third-order valence-electron chi connectivity index (χ3n) is 5.65. The maximum atomic E-state index is 5.93. The molecule has 0 spiro atoms. The van der Waals surface area contributed by atoms with E-state index in [-0.39, 0.29) is 0 Å². The van der Waals surface area contributed by atoms with Gasteiger partial charge in [-0.05, 0) is 62.3 Å². The van der Waals surface area contributed by atoms with Gasteiger partial charge in [0.05, 0.1) is 23.4 Å². The molecular formula is C24H24N4O. The highest BCUT2D eigenvalue weighted by Crippen LogP contribution is 2.35. The van der Waals surface area contributed by atoms with Crippen LogP contribution in [0.15, 0.2) is 73.2 Å². The van der Waals surface area contributed by atoms with Gasteiger partial charge in [0.1, 0.15) is 17.3 Å². The lowest BCUT2D eigenvalue weighted by Gasteiger charge is -2.21. The largest absolute Gasteiger partial charge is 0.457 e. The minimum atomic E-state index is 0.365. The highest BCUT2D eigenvalue weighted by atomic mass is 16.5. The van der Waals surface area contributed by atoms with Gasteiger partial charge in [-0.15, -0.1) is 0 Å². The fourth-order valence-electron chi connectivity index (χ4n) is 4.21. The van der Waals surface area contributed by atoms with Crippen molar-refractivity contribution in [3.8, 4) is 22.8 Å². The molecule has 0 radical (unpaired) electrons. The first-order valence-corrected chi connectivity index (χ1v) is 10.2. The average molecular weight is 384 g/mol. The maximum Gasteiger partial charge on any atom is 0.131 e. The van der Waals surface area contributed by atoms with Gasteiger partial charge in [-0.3, -0.25) is 14.3 Å². The molecule has 0 saturated carbocycles. The molecule has 1 atom stereocenters. The molecule has 1 saturated heterocycles. The lowest BCUT2D eigenvalue weighted by atomic mass is 10.1. The van der Waals surface area contributed by atoms with Gasteiger partial charge in [-0.1, -0.05) is 25.1 Å². The van der Waals surface area contributed by atoms with Crippen molar-refractivity contribution >= 4 is 5.52 Å². The van der Waals surface area contributed by atoms with Crippen LogP contribution in [-0.4, -0.2) is 32.4 Å². The van der Waals surface area contributed by atoms with Crippen molar-refractivity contribution in [2.45, 2.75) is 25.8 Å². The Kier molecular flexibility index (Phi) is 4.74. The van der Waals surface area contributed by atoms with Gasteiger partial charge in [0.25, 0.3) is 0 Å². The average Bonchev–Trinajstić information content (AvgIpc) is 3.39. The van der Waals surface area contributed by atoms with Crippen LogP contribution in [-0.2, 0) is 0 Å². The summed E-state index contributed by atoms with van der Waals surface area (Å²) in [5.74, 6) is 2.76. The third kappa shape index (κ3) is 3.38. The van der Waals surface area contributed by atoms with Crippen molar-refractivity contribution in [2.75, 3.05) is 13.1 Å². The highest BCUT2D eigenvalue weighted by molar-refractivity contribution is 5.77. The second-order valence-corrected chi connectivity index (χ2v) is 7.38. The number of imidazole rings is 1. The summed E-state index contributed by atoms with van der Waals surface area (Å²) in [6, 6.07) is 18.3. The molecular weight excluding hydrogens is 360 g/mol. The van der Waals surface area contributed by atoms with Crippen LogP contribution in [0.1, 0.15) is 31.6 Å². The molecule has 0 aliphatic carbocycles. The molecule has 1 fully saturated rings. The van der Waals surface area contributed by atoms with Crippen LogP contribution < -0.4 is 4.74 Å². The molecule has 0 N–H and O–H groups in total. The van der Waals surface area contributed by atoms with Crippen LogP contribution in [0.3, 0.4) is 0 Å². The third-order valence-corrected chi connectivity index (χ3v) is 5.65. The molecule has 2 aromatic carbocycles. The number of hydrogen-bond acceptors (Lipinski definition) is 4. The van der Waals surface area contributed by atoms with Crippen LogP contribution in [0.5, 0.6) is 11.5 Å². The number of hydrogen-bond donors (Lipinski definition) is 0. The van der Waals surface area contributed by atoms with Gasteiger partial charge in [-0.25, -0.2) is 4.98 Å². The summed E-state index contributed by atoms with van der Waals surface area (Å²) in [4.78, 5) is 12.0. The smallest absolute Gasteiger partial charge is 0.131 e. The normalized spacial score (nSPS) is 17.1. The van der Waals surface area contributed by atoms with Crippen LogP contribution in [0.4, 0.5) is 0 Å². The van der Waals surface area contributed by atoms with E-state index in [0.29, 0.717) is 6.04 Å². The summed E-state index contributed by atoms with van der Waals surface area (Å²) in [7, 11) is 0. The molecule has 0 bridgehead atoms. The van der Waals surface area contributed by atoms with Gasteiger partial charge in [0.15, 0.2) is 0 Å². The number of aromatic nitrogens is 3. The lowest BCUT2D eigenvalue weighted by Crippen LogP contribution is -2.24. The SMILES string of the molecule is CCN1CCC[C@@H]1c1nc(-c2ccc(Oc3ccccc3)cc2)c2cnccn12. The Balaban J connectivity index is 1.50. The van der Waals surface area contributed by atoms with Crippen molar-refractivity contribution in [3.63, 3.8) is 0 Å². The summed E-state index contributed by atoms with van der Waals surface area (Å²) in [5, 5.41) is 0. The summed E-state index contributed by atoms with van der Waals surface area (Å²) in [6.45, 7) is 4.41. The number of para-hydroxylation sites is 1. The zero-order valence-electron chi connectivity index (χ0n) is 16.5. The molecule has 1 aliphatic heterocycles. The summed E-state index contributed by atoms with van der Waals surface area (Å²) < 4.78 is 8.13. The summed E-state index contributed by atoms with van der Waals surface area (Å²) >= 11 is 0. The second-order valence-electron chi connectivity index (χ2n) is 7.38. The molecule has 5 rings (SSSR count). The number of rotatable bonds is 5. The van der Waals surface area contributed by atoms with Crippen molar-refractivity contribution in [1.29, 1.82) is 0 Å². The zero-order chi connectivity index (χ0) is 19.6. The fraction of sp³-hybridized carbons (Fsp3) is 0.250. The fourth-order valence-corrected chi connectivity index (χ4v) is 4.21. The number of likely N-dealkylation sites (tertiary alicyclic amines) is 1. The Morgan fingerprint density at radius 1 is 1.03 bits per heavy atom. The Morgan fingerprint density at radius 2 is 1.83 bits per heavy atom. The molecule has 2 aromatic heterocycles. The Morgan fingerprint density at radius 3 is 2.62 bits per heavy atom. The molecule has 3 heterocycles. The molecule has 1 aliphatic rings. The van der Waals surface area contributed by atoms with Gasteiger partial charge in [0, 0.05) is 18.0 Å². The van der Waals surface area contributed by atoms with Crippen molar-refractivity contribution in [2.24, 2.45) is 0 Å². The lowest BCUT2D eigenvalue weighted by molar-refractivity contribution is 0.261.